The summed E-state index contributed by atoms with van der Waals surface area (Å²) in [5.74, 6) is -0.293. The van der Waals surface area contributed by atoms with E-state index in [2.05, 4.69) is 10.3 Å². The molecule has 0 radical (unpaired) electrons. The molecule has 2 atom stereocenters. The van der Waals surface area contributed by atoms with Crippen molar-refractivity contribution in [3.8, 4) is 0 Å². The zero-order valence-corrected chi connectivity index (χ0v) is 26.8. The van der Waals surface area contributed by atoms with Crippen LogP contribution in [0.1, 0.15) is 44.9 Å². The smallest absolute Gasteiger partial charge is 0.410 e. The van der Waals surface area contributed by atoms with Gasteiger partial charge in [-0.05, 0) is 67.8 Å². The predicted molar refractivity (Wildman–Crippen MR) is 173 cm³/mol. The molecule has 1 unspecified atom stereocenters. The number of nitrogens with one attached hydrogen (secondary N) is 2. The summed E-state index contributed by atoms with van der Waals surface area (Å²) in [4.78, 5) is 32.8. The van der Waals surface area contributed by atoms with Crippen molar-refractivity contribution in [3.63, 3.8) is 0 Å². The second kappa shape index (κ2) is 13.5. The lowest BCUT2D eigenvalue weighted by Crippen LogP contribution is -2.51. The highest BCUT2D eigenvalue weighted by Gasteiger charge is 2.34. The average Bonchev–Trinajstić information content (AvgIpc) is 3.01. The summed E-state index contributed by atoms with van der Waals surface area (Å²) >= 11 is 0. The molecule has 0 aliphatic carbocycles. The number of benzene rings is 4. The maximum absolute atomic E-state index is 14.2. The highest BCUT2D eigenvalue weighted by Crippen LogP contribution is 2.28. The van der Waals surface area contributed by atoms with Crippen LogP contribution in [0.5, 0.6) is 0 Å². The SMILES string of the molecule is CC(c1ccccc1NNS(=O)(=O)c1ccccc1)N(C)C(=O)[C@@H](Cc1ccc2ccccc2c1)N(C)C(=O)OC(C)(C)C. The van der Waals surface area contributed by atoms with Gasteiger partial charge in [0.2, 0.25) is 5.91 Å². The Morgan fingerprint density at radius 2 is 1.43 bits per heavy atom. The van der Waals surface area contributed by atoms with E-state index < -0.39 is 33.8 Å². The van der Waals surface area contributed by atoms with Crippen LogP contribution >= 0.6 is 0 Å². The topological polar surface area (TPSA) is 108 Å². The third-order valence-corrected chi connectivity index (χ3v) is 8.65. The third kappa shape index (κ3) is 7.94. The lowest BCUT2D eigenvalue weighted by molar-refractivity contribution is -0.137. The molecule has 4 aromatic carbocycles. The van der Waals surface area contributed by atoms with Crippen LogP contribution in [0.15, 0.2) is 102 Å². The number of carbonyl (C=O) groups excluding carboxylic acids is 2. The number of hydrogen-bond donors (Lipinski definition) is 2. The van der Waals surface area contributed by atoms with Gasteiger partial charge < -0.3 is 15.1 Å². The first-order valence-corrected chi connectivity index (χ1v) is 15.9. The summed E-state index contributed by atoms with van der Waals surface area (Å²) < 4.78 is 31.3. The molecule has 0 bridgehead atoms. The molecule has 0 saturated heterocycles. The molecule has 0 aliphatic heterocycles. The van der Waals surface area contributed by atoms with Crippen LogP contribution in [0.25, 0.3) is 10.8 Å². The van der Waals surface area contributed by atoms with E-state index in [0.29, 0.717) is 11.3 Å². The molecule has 0 aliphatic rings. The molecule has 232 valence electrons. The number of sulfonamides is 1. The highest BCUT2D eigenvalue weighted by atomic mass is 32.2. The second-order valence-electron chi connectivity index (χ2n) is 11.7. The number of para-hydroxylation sites is 1. The Hall–Kier alpha value is -4.41. The molecule has 2 amide bonds. The van der Waals surface area contributed by atoms with Crippen LogP contribution in [-0.2, 0) is 26.0 Å². The van der Waals surface area contributed by atoms with E-state index in [1.54, 1.807) is 70.1 Å². The van der Waals surface area contributed by atoms with E-state index in [1.807, 2.05) is 61.5 Å². The lowest BCUT2D eigenvalue weighted by Gasteiger charge is -2.35. The van der Waals surface area contributed by atoms with Gasteiger partial charge in [-0.2, -0.15) is 0 Å². The molecular formula is C34H40N4O5S. The Bertz CT molecular complexity index is 1720. The minimum absolute atomic E-state index is 0.118. The Morgan fingerprint density at radius 3 is 2.11 bits per heavy atom. The van der Waals surface area contributed by atoms with Crippen molar-refractivity contribution in [2.75, 3.05) is 19.5 Å². The number of carbonyl (C=O) groups is 2. The Kier molecular flexibility index (Phi) is 9.96. The van der Waals surface area contributed by atoms with Gasteiger partial charge in [0.1, 0.15) is 11.6 Å². The monoisotopic (exact) mass is 616 g/mol. The van der Waals surface area contributed by atoms with E-state index in [0.717, 1.165) is 16.3 Å². The molecule has 0 heterocycles. The summed E-state index contributed by atoms with van der Waals surface area (Å²) in [6.45, 7) is 7.19. The van der Waals surface area contributed by atoms with Crippen molar-refractivity contribution in [1.29, 1.82) is 0 Å². The van der Waals surface area contributed by atoms with Crippen molar-refractivity contribution in [1.82, 2.24) is 14.6 Å². The molecule has 4 rings (SSSR count). The van der Waals surface area contributed by atoms with Gasteiger partial charge in [0, 0.05) is 20.5 Å². The first kappa shape index (κ1) is 32.5. The standard InChI is InChI=1S/C34H40N4O5S/c1-24(29-18-12-13-19-30(29)35-36-44(41,42)28-16-8-7-9-17-28)37(5)32(39)31(38(6)33(40)43-34(2,3)4)23-25-20-21-26-14-10-11-15-27(26)22-25/h7-22,24,31,35-36H,23H2,1-6H3/t24?,31-/m1/s1. The van der Waals surface area contributed by atoms with Crippen molar-refractivity contribution in [2.45, 2.75) is 56.7 Å². The highest BCUT2D eigenvalue weighted by molar-refractivity contribution is 7.89. The largest absolute Gasteiger partial charge is 0.444 e. The summed E-state index contributed by atoms with van der Waals surface area (Å²) in [5, 5.41) is 2.12. The summed E-state index contributed by atoms with van der Waals surface area (Å²) in [7, 11) is -0.588. The van der Waals surface area contributed by atoms with Gasteiger partial charge in [0.25, 0.3) is 10.0 Å². The molecule has 0 saturated carbocycles. The zero-order chi connectivity index (χ0) is 32.1. The summed E-state index contributed by atoms with van der Waals surface area (Å²) in [6.07, 6.45) is -0.331. The summed E-state index contributed by atoms with van der Waals surface area (Å²) in [6, 6.07) is 27.8. The normalized spacial score (nSPS) is 13.1. The minimum atomic E-state index is -3.84. The van der Waals surface area contributed by atoms with Crippen LogP contribution < -0.4 is 10.3 Å². The van der Waals surface area contributed by atoms with Crippen molar-refractivity contribution in [3.05, 3.63) is 108 Å². The van der Waals surface area contributed by atoms with Gasteiger partial charge in [0.15, 0.2) is 0 Å². The zero-order valence-electron chi connectivity index (χ0n) is 25.9. The quantitative estimate of drug-likeness (QED) is 0.207. The van der Waals surface area contributed by atoms with Crippen LogP contribution in [0.4, 0.5) is 10.5 Å². The minimum Gasteiger partial charge on any atom is -0.444 e. The van der Waals surface area contributed by atoms with Crippen LogP contribution in [0.3, 0.4) is 0 Å². The molecule has 0 fully saturated rings. The third-order valence-electron chi connectivity index (χ3n) is 7.39. The molecule has 44 heavy (non-hydrogen) atoms. The number of ether oxygens (including phenoxy) is 1. The maximum Gasteiger partial charge on any atom is 0.410 e. The molecule has 2 N–H and O–H groups in total. The number of rotatable bonds is 10. The fraction of sp³-hybridized carbons (Fsp3) is 0.294. The van der Waals surface area contributed by atoms with Gasteiger partial charge in [-0.25, -0.2) is 13.2 Å². The number of anilines is 1. The van der Waals surface area contributed by atoms with Crippen molar-refractivity contribution in [2.24, 2.45) is 0 Å². The number of likely N-dealkylation sites (N-methyl/N-ethyl adjacent to an activating group) is 2. The molecule has 0 spiro atoms. The first-order valence-electron chi connectivity index (χ1n) is 14.4. The van der Waals surface area contributed by atoms with E-state index in [4.69, 9.17) is 4.74 Å². The second-order valence-corrected chi connectivity index (χ2v) is 13.4. The van der Waals surface area contributed by atoms with Gasteiger partial charge in [-0.15, -0.1) is 4.83 Å². The van der Waals surface area contributed by atoms with E-state index in [1.165, 1.54) is 17.0 Å². The molecule has 0 aromatic heterocycles. The number of hydrogen-bond acceptors (Lipinski definition) is 6. The van der Waals surface area contributed by atoms with Gasteiger partial charge in [-0.3, -0.25) is 9.69 Å². The number of hydrazine groups is 1. The Morgan fingerprint density at radius 1 is 0.818 bits per heavy atom. The summed E-state index contributed by atoms with van der Waals surface area (Å²) in [5.41, 5.74) is 4.16. The van der Waals surface area contributed by atoms with Gasteiger partial charge in [0.05, 0.1) is 16.6 Å². The van der Waals surface area contributed by atoms with Crippen LogP contribution in [-0.4, -0.2) is 56.0 Å². The lowest BCUT2D eigenvalue weighted by atomic mass is 9.99. The van der Waals surface area contributed by atoms with Crippen molar-refractivity contribution < 1.29 is 22.7 Å². The van der Waals surface area contributed by atoms with Crippen molar-refractivity contribution >= 4 is 38.5 Å². The van der Waals surface area contributed by atoms with Gasteiger partial charge >= 0.3 is 6.09 Å². The maximum atomic E-state index is 14.2. The molecular weight excluding hydrogens is 576 g/mol. The molecule has 4 aromatic rings. The number of nitrogens with zero attached hydrogens (tertiary/aromatic N) is 2. The first-order chi connectivity index (χ1) is 20.8. The van der Waals surface area contributed by atoms with E-state index >= 15 is 0 Å². The predicted octanol–water partition coefficient (Wildman–Crippen LogP) is 6.14. The molecule has 10 heteroatoms. The van der Waals surface area contributed by atoms with Crippen LogP contribution in [0.2, 0.25) is 0 Å². The van der Waals surface area contributed by atoms with Crippen LogP contribution in [0, 0.1) is 0 Å². The average molecular weight is 617 g/mol. The number of fused-ring (bicyclic) bond motifs is 1. The Balaban J connectivity index is 1.60. The van der Waals surface area contributed by atoms with E-state index in [9.17, 15) is 18.0 Å². The Labute approximate surface area is 259 Å². The fourth-order valence-electron chi connectivity index (χ4n) is 4.83. The van der Waals surface area contributed by atoms with E-state index in [-0.39, 0.29) is 17.2 Å². The molecule has 9 nitrogen and oxygen atoms in total. The fourth-order valence-corrected chi connectivity index (χ4v) is 5.71. The number of amides is 2. The van der Waals surface area contributed by atoms with Gasteiger partial charge in [-0.1, -0.05) is 78.9 Å².